The highest BCUT2D eigenvalue weighted by Gasteiger charge is 2.26. The highest BCUT2D eigenvalue weighted by molar-refractivity contribution is 5.92. The Labute approximate surface area is 151 Å². The van der Waals surface area contributed by atoms with E-state index in [-0.39, 0.29) is 18.7 Å². The molecule has 1 rings (SSSR count). The van der Waals surface area contributed by atoms with Gasteiger partial charge in [-0.05, 0) is 12.0 Å². The van der Waals surface area contributed by atoms with Gasteiger partial charge < -0.3 is 21.1 Å². The number of amides is 3. The van der Waals surface area contributed by atoms with Crippen LogP contribution >= 0.6 is 0 Å². The van der Waals surface area contributed by atoms with Crippen molar-refractivity contribution in [2.24, 2.45) is 0 Å². The van der Waals surface area contributed by atoms with Gasteiger partial charge in [0.05, 0.1) is 0 Å². The molecule has 0 saturated carbocycles. The number of nitrogens with one attached hydrogen (secondary N) is 3. The SMILES string of the molecule is C=CC[C@H](NC(C)=O)C(=O)N[C@@H](Cc1ccccc1)C(=O)NCC(=O)O. The Balaban J connectivity index is 2.89. The molecule has 2 atom stereocenters. The maximum atomic E-state index is 12.4. The van der Waals surface area contributed by atoms with Crippen LogP contribution in [0.4, 0.5) is 0 Å². The first-order chi connectivity index (χ1) is 12.3. The summed E-state index contributed by atoms with van der Waals surface area (Å²) in [5.74, 6) is -2.75. The van der Waals surface area contributed by atoms with Gasteiger partial charge >= 0.3 is 5.97 Å². The zero-order valence-corrected chi connectivity index (χ0v) is 14.5. The first-order valence-corrected chi connectivity index (χ1v) is 8.05. The molecule has 0 heterocycles. The summed E-state index contributed by atoms with van der Waals surface area (Å²) < 4.78 is 0. The van der Waals surface area contributed by atoms with Gasteiger partial charge in [-0.1, -0.05) is 36.4 Å². The second-order valence-corrected chi connectivity index (χ2v) is 5.64. The lowest BCUT2D eigenvalue weighted by Crippen LogP contribution is -2.54. The van der Waals surface area contributed by atoms with Crippen LogP contribution in [0.3, 0.4) is 0 Å². The molecule has 0 aromatic heterocycles. The fraction of sp³-hybridized carbons (Fsp3) is 0.333. The Morgan fingerprint density at radius 2 is 1.73 bits per heavy atom. The predicted octanol–water partition coefficient (Wildman–Crippen LogP) is -0.00450. The van der Waals surface area contributed by atoms with Crippen molar-refractivity contribution in [2.75, 3.05) is 6.54 Å². The lowest BCUT2D eigenvalue weighted by Gasteiger charge is -2.22. The lowest BCUT2D eigenvalue weighted by molar-refractivity contribution is -0.138. The Morgan fingerprint density at radius 3 is 2.27 bits per heavy atom. The normalized spacial score (nSPS) is 12.3. The maximum absolute atomic E-state index is 12.4. The second-order valence-electron chi connectivity index (χ2n) is 5.64. The molecule has 0 aliphatic carbocycles. The van der Waals surface area contributed by atoms with Crippen LogP contribution in [0, 0.1) is 0 Å². The molecule has 4 N–H and O–H groups in total. The second kappa shape index (κ2) is 10.7. The molecule has 0 saturated heterocycles. The minimum absolute atomic E-state index is 0.179. The smallest absolute Gasteiger partial charge is 0.322 e. The van der Waals surface area contributed by atoms with Gasteiger partial charge in [-0.15, -0.1) is 6.58 Å². The number of aliphatic carboxylic acids is 1. The van der Waals surface area contributed by atoms with Crippen LogP contribution in [0.15, 0.2) is 43.0 Å². The van der Waals surface area contributed by atoms with E-state index < -0.39 is 36.4 Å². The Kier molecular flexibility index (Phi) is 8.56. The number of rotatable bonds is 10. The molecule has 0 radical (unpaired) electrons. The number of carboxylic acid groups (broad SMARTS) is 1. The average molecular weight is 361 g/mol. The van der Waals surface area contributed by atoms with E-state index in [0.717, 1.165) is 5.56 Å². The van der Waals surface area contributed by atoms with Crippen molar-refractivity contribution in [3.8, 4) is 0 Å². The Morgan fingerprint density at radius 1 is 1.08 bits per heavy atom. The first kappa shape index (κ1) is 20.9. The number of hydrogen-bond acceptors (Lipinski definition) is 4. The van der Waals surface area contributed by atoms with Gasteiger partial charge in [-0.3, -0.25) is 19.2 Å². The zero-order valence-electron chi connectivity index (χ0n) is 14.5. The van der Waals surface area contributed by atoms with Gasteiger partial charge in [-0.25, -0.2) is 0 Å². The molecule has 0 aliphatic heterocycles. The number of carbonyl (C=O) groups excluding carboxylic acids is 3. The Bertz CT molecular complexity index is 660. The fourth-order valence-corrected chi connectivity index (χ4v) is 2.26. The van der Waals surface area contributed by atoms with Crippen molar-refractivity contribution in [3.63, 3.8) is 0 Å². The van der Waals surface area contributed by atoms with Crippen molar-refractivity contribution >= 4 is 23.7 Å². The van der Waals surface area contributed by atoms with E-state index in [4.69, 9.17) is 5.11 Å². The molecular formula is C18H23N3O5. The molecule has 0 fully saturated rings. The summed E-state index contributed by atoms with van der Waals surface area (Å²) in [6.07, 6.45) is 1.86. The van der Waals surface area contributed by atoms with Gasteiger partial charge in [0, 0.05) is 13.3 Å². The summed E-state index contributed by atoms with van der Waals surface area (Å²) >= 11 is 0. The summed E-state index contributed by atoms with van der Waals surface area (Å²) in [4.78, 5) is 46.6. The largest absolute Gasteiger partial charge is 0.480 e. The number of carboxylic acids is 1. The minimum atomic E-state index is -1.19. The van der Waals surface area contributed by atoms with E-state index in [9.17, 15) is 19.2 Å². The van der Waals surface area contributed by atoms with Gasteiger partial charge in [0.15, 0.2) is 0 Å². The summed E-state index contributed by atoms with van der Waals surface area (Å²) in [5, 5.41) is 16.0. The van der Waals surface area contributed by atoms with E-state index in [1.807, 2.05) is 6.07 Å². The molecular weight excluding hydrogens is 338 g/mol. The summed E-state index contributed by atoms with van der Waals surface area (Å²) in [6, 6.07) is 7.14. The molecule has 0 unspecified atom stereocenters. The van der Waals surface area contributed by atoms with E-state index in [1.54, 1.807) is 24.3 Å². The van der Waals surface area contributed by atoms with Gasteiger partial charge in [0.1, 0.15) is 18.6 Å². The summed E-state index contributed by atoms with van der Waals surface area (Å²) in [7, 11) is 0. The summed E-state index contributed by atoms with van der Waals surface area (Å²) in [5.41, 5.74) is 0.795. The lowest BCUT2D eigenvalue weighted by atomic mass is 10.0. The van der Waals surface area contributed by atoms with Crippen molar-refractivity contribution in [1.82, 2.24) is 16.0 Å². The quantitative estimate of drug-likeness (QED) is 0.437. The van der Waals surface area contributed by atoms with Gasteiger partial charge in [0.25, 0.3) is 0 Å². The van der Waals surface area contributed by atoms with E-state index >= 15 is 0 Å². The van der Waals surface area contributed by atoms with Gasteiger partial charge in [-0.2, -0.15) is 0 Å². The van der Waals surface area contributed by atoms with Crippen LogP contribution in [-0.4, -0.2) is 47.4 Å². The fourth-order valence-electron chi connectivity index (χ4n) is 2.26. The molecule has 1 aromatic rings. The molecule has 1 aromatic carbocycles. The predicted molar refractivity (Wildman–Crippen MR) is 95.1 cm³/mol. The third-order valence-electron chi connectivity index (χ3n) is 3.43. The number of benzene rings is 1. The van der Waals surface area contributed by atoms with Crippen LogP contribution in [0.1, 0.15) is 18.9 Å². The standard InChI is InChI=1S/C18H23N3O5/c1-3-7-14(20-12(2)22)18(26)21-15(17(25)19-11-16(23)24)10-13-8-5-4-6-9-13/h3-6,8-9,14-15H,1,7,10-11H2,2H3,(H,19,25)(H,20,22)(H,21,26)(H,23,24)/t14-,15-/m0/s1. The molecule has 8 nitrogen and oxygen atoms in total. The minimum Gasteiger partial charge on any atom is -0.480 e. The average Bonchev–Trinajstić information content (AvgIpc) is 2.59. The van der Waals surface area contributed by atoms with Crippen molar-refractivity contribution < 1.29 is 24.3 Å². The monoisotopic (exact) mass is 361 g/mol. The van der Waals surface area contributed by atoms with E-state index in [2.05, 4.69) is 22.5 Å². The number of carbonyl (C=O) groups is 4. The molecule has 8 heteroatoms. The highest BCUT2D eigenvalue weighted by atomic mass is 16.4. The van der Waals surface area contributed by atoms with Crippen molar-refractivity contribution in [1.29, 1.82) is 0 Å². The van der Waals surface area contributed by atoms with Gasteiger partial charge in [0.2, 0.25) is 17.7 Å². The van der Waals surface area contributed by atoms with E-state index in [0.29, 0.717) is 0 Å². The molecule has 0 aliphatic rings. The summed E-state index contributed by atoms with van der Waals surface area (Å²) in [6.45, 7) is 4.27. The topological polar surface area (TPSA) is 125 Å². The van der Waals surface area contributed by atoms with Crippen LogP contribution in [-0.2, 0) is 25.6 Å². The number of hydrogen-bond donors (Lipinski definition) is 4. The highest BCUT2D eigenvalue weighted by Crippen LogP contribution is 2.05. The van der Waals surface area contributed by atoms with E-state index in [1.165, 1.54) is 13.0 Å². The van der Waals surface area contributed by atoms with Crippen LogP contribution in [0.5, 0.6) is 0 Å². The first-order valence-electron chi connectivity index (χ1n) is 8.05. The molecule has 140 valence electrons. The molecule has 0 bridgehead atoms. The van der Waals surface area contributed by atoms with Crippen LogP contribution in [0.2, 0.25) is 0 Å². The maximum Gasteiger partial charge on any atom is 0.322 e. The third kappa shape index (κ3) is 7.61. The third-order valence-corrected chi connectivity index (χ3v) is 3.43. The van der Waals surface area contributed by atoms with Crippen molar-refractivity contribution in [2.45, 2.75) is 31.8 Å². The van der Waals surface area contributed by atoms with Crippen LogP contribution in [0.25, 0.3) is 0 Å². The van der Waals surface area contributed by atoms with Crippen LogP contribution < -0.4 is 16.0 Å². The zero-order chi connectivity index (χ0) is 19.5. The van der Waals surface area contributed by atoms with Crippen molar-refractivity contribution in [3.05, 3.63) is 48.6 Å². The molecule has 26 heavy (non-hydrogen) atoms. The Hall–Kier alpha value is -3.16. The molecule has 3 amide bonds. The molecule has 0 spiro atoms.